The quantitative estimate of drug-likeness (QED) is 0.453. The van der Waals surface area contributed by atoms with Gasteiger partial charge in [0.25, 0.3) is 0 Å². The molecule has 21 heavy (non-hydrogen) atoms. The van der Waals surface area contributed by atoms with E-state index in [2.05, 4.69) is 33.5 Å². The fraction of sp³-hybridized carbons (Fsp3) is 0.500. The van der Waals surface area contributed by atoms with Gasteiger partial charge in [-0.2, -0.15) is 0 Å². The fourth-order valence-corrected chi connectivity index (χ4v) is 3.03. The van der Waals surface area contributed by atoms with Crippen LogP contribution >= 0.6 is 15.9 Å². The van der Waals surface area contributed by atoms with Gasteiger partial charge in [-0.05, 0) is 24.1 Å². The Morgan fingerprint density at radius 1 is 1.10 bits per heavy atom. The molecule has 2 amide bonds. The number of anilines is 2. The van der Waals surface area contributed by atoms with Crippen molar-refractivity contribution in [2.24, 2.45) is 0 Å². The van der Waals surface area contributed by atoms with Crippen molar-refractivity contribution in [3.05, 3.63) is 23.8 Å². The average Bonchev–Trinajstić information content (AvgIpc) is 2.58. The van der Waals surface area contributed by atoms with Crippen LogP contribution in [0.15, 0.2) is 18.2 Å². The van der Waals surface area contributed by atoms with E-state index in [0.717, 1.165) is 12.0 Å². The lowest BCUT2D eigenvalue weighted by atomic mass is 10.0. The predicted molar refractivity (Wildman–Crippen MR) is 88.7 cm³/mol. The van der Waals surface area contributed by atoms with Gasteiger partial charge in [-0.15, -0.1) is 0 Å². The maximum absolute atomic E-state index is 11.6. The molecule has 0 fully saturated rings. The van der Waals surface area contributed by atoms with Crippen molar-refractivity contribution in [2.75, 3.05) is 10.6 Å². The van der Waals surface area contributed by atoms with Crippen LogP contribution < -0.4 is 10.6 Å². The van der Waals surface area contributed by atoms with Crippen LogP contribution in [-0.2, 0) is 9.59 Å². The molecular weight excluding hydrogens is 332 g/mol. The van der Waals surface area contributed by atoms with Crippen LogP contribution in [0.1, 0.15) is 55.8 Å². The van der Waals surface area contributed by atoms with Crippen molar-refractivity contribution in [3.63, 3.8) is 0 Å². The summed E-state index contributed by atoms with van der Waals surface area (Å²) in [6.07, 6.45) is 5.88. The molecule has 0 bridgehead atoms. The van der Waals surface area contributed by atoms with Gasteiger partial charge >= 0.3 is 0 Å². The van der Waals surface area contributed by atoms with E-state index in [-0.39, 0.29) is 23.1 Å². The van der Waals surface area contributed by atoms with Crippen LogP contribution in [0.25, 0.3) is 0 Å². The number of amides is 2. The second-order valence-corrected chi connectivity index (χ2v) is 6.50. The molecule has 2 N–H and O–H groups in total. The molecule has 1 unspecified atom stereocenters. The van der Waals surface area contributed by atoms with Crippen molar-refractivity contribution in [1.29, 1.82) is 0 Å². The number of benzene rings is 1. The topological polar surface area (TPSA) is 58.2 Å². The molecule has 1 aliphatic rings. The molecule has 1 heterocycles. The van der Waals surface area contributed by atoms with Crippen LogP contribution in [0.2, 0.25) is 0 Å². The summed E-state index contributed by atoms with van der Waals surface area (Å²) >= 11 is 3.71. The minimum atomic E-state index is -0.269. The van der Waals surface area contributed by atoms with E-state index in [1.165, 1.54) is 25.7 Å². The minimum absolute atomic E-state index is 0.126. The normalized spacial score (nSPS) is 15.7. The first kappa shape index (κ1) is 16.0. The number of carbonyl (C=O) groups excluding carboxylic acids is 2. The summed E-state index contributed by atoms with van der Waals surface area (Å²) in [5.41, 5.74) is 2.48. The Hall–Kier alpha value is -1.36. The number of rotatable bonds is 6. The highest BCUT2D eigenvalue weighted by Crippen LogP contribution is 2.34. The van der Waals surface area contributed by atoms with Crippen LogP contribution in [0.4, 0.5) is 11.4 Å². The molecule has 1 aromatic rings. The van der Waals surface area contributed by atoms with E-state index in [1.54, 1.807) is 0 Å². The molecule has 0 aliphatic carbocycles. The van der Waals surface area contributed by atoms with Crippen LogP contribution in [0.3, 0.4) is 0 Å². The van der Waals surface area contributed by atoms with Crippen molar-refractivity contribution in [3.8, 4) is 0 Å². The first-order valence-corrected chi connectivity index (χ1v) is 8.39. The summed E-state index contributed by atoms with van der Waals surface area (Å²) in [6.45, 7) is 2.20. The second-order valence-electron chi connectivity index (χ2n) is 5.40. The number of alkyl halides is 1. The maximum Gasteiger partial charge on any atom is 0.233 e. The third-order valence-corrected chi connectivity index (χ3v) is 4.57. The van der Waals surface area contributed by atoms with Crippen LogP contribution in [0.5, 0.6) is 0 Å². The van der Waals surface area contributed by atoms with E-state index < -0.39 is 0 Å². The number of hydrogen-bond donors (Lipinski definition) is 2. The van der Waals surface area contributed by atoms with E-state index >= 15 is 0 Å². The molecule has 0 spiro atoms. The number of carbonyl (C=O) groups is 2. The third kappa shape index (κ3) is 4.56. The highest BCUT2D eigenvalue weighted by atomic mass is 79.9. The lowest BCUT2D eigenvalue weighted by Crippen LogP contribution is -2.16. The average molecular weight is 353 g/mol. The molecule has 4 nitrogen and oxygen atoms in total. The Morgan fingerprint density at radius 3 is 2.52 bits per heavy atom. The van der Waals surface area contributed by atoms with Crippen molar-refractivity contribution in [2.45, 2.75) is 50.3 Å². The lowest BCUT2D eigenvalue weighted by molar-refractivity contribution is -0.123. The van der Waals surface area contributed by atoms with E-state index in [9.17, 15) is 9.59 Å². The number of hydrogen-bond acceptors (Lipinski definition) is 2. The number of nitrogens with one attached hydrogen (secondary N) is 2. The van der Waals surface area contributed by atoms with Crippen LogP contribution in [0, 0.1) is 0 Å². The third-order valence-electron chi connectivity index (χ3n) is 3.59. The van der Waals surface area contributed by atoms with Gasteiger partial charge in [0.05, 0.1) is 11.4 Å². The van der Waals surface area contributed by atoms with E-state index in [4.69, 9.17) is 0 Å². The largest absolute Gasteiger partial charge is 0.324 e. The molecule has 2 rings (SSSR count). The molecule has 0 aromatic heterocycles. The zero-order valence-corrected chi connectivity index (χ0v) is 13.8. The standard InChI is InChI=1S/C16H21BrN2O2/c1-2-3-4-5-6-12(17)11-7-8-13-14(9-11)19-16(21)10-15(20)18-13/h7-9,12H,2-6,10H2,1H3,(H,18,20)(H,19,21). The fourth-order valence-electron chi connectivity index (χ4n) is 2.42. The van der Waals surface area contributed by atoms with Gasteiger partial charge in [-0.1, -0.05) is 54.6 Å². The Kier molecular flexibility index (Phi) is 5.79. The predicted octanol–water partition coefficient (Wildman–Crippen LogP) is 4.37. The molecule has 0 saturated carbocycles. The van der Waals surface area contributed by atoms with Crippen LogP contribution in [-0.4, -0.2) is 11.8 Å². The smallest absolute Gasteiger partial charge is 0.233 e. The highest BCUT2D eigenvalue weighted by Gasteiger charge is 2.19. The zero-order chi connectivity index (χ0) is 15.2. The molecule has 1 aliphatic heterocycles. The highest BCUT2D eigenvalue weighted by molar-refractivity contribution is 9.09. The Balaban J connectivity index is 2.05. The summed E-state index contributed by atoms with van der Waals surface area (Å²) in [6, 6.07) is 5.79. The Morgan fingerprint density at radius 2 is 1.81 bits per heavy atom. The summed E-state index contributed by atoms with van der Waals surface area (Å²) in [5.74, 6) is -0.536. The molecule has 1 atom stereocenters. The first-order valence-electron chi connectivity index (χ1n) is 7.48. The van der Waals surface area contributed by atoms with Crippen molar-refractivity contribution in [1.82, 2.24) is 0 Å². The van der Waals surface area contributed by atoms with Crippen molar-refractivity contribution >= 4 is 39.1 Å². The minimum Gasteiger partial charge on any atom is -0.324 e. The summed E-state index contributed by atoms with van der Waals surface area (Å²) in [5, 5.41) is 5.52. The van der Waals surface area contributed by atoms with E-state index in [0.29, 0.717) is 11.4 Å². The van der Waals surface area contributed by atoms with Crippen molar-refractivity contribution < 1.29 is 9.59 Å². The van der Waals surface area contributed by atoms with Gasteiger partial charge in [-0.3, -0.25) is 9.59 Å². The molecule has 114 valence electrons. The molecular formula is C16H21BrN2O2. The number of halogens is 1. The Labute approximate surface area is 133 Å². The first-order chi connectivity index (χ1) is 10.1. The summed E-state index contributed by atoms with van der Waals surface area (Å²) in [7, 11) is 0. The SMILES string of the molecule is CCCCCCC(Br)c1ccc2c(c1)NC(=O)CC(=O)N2. The Bertz CT molecular complexity index is 531. The zero-order valence-electron chi connectivity index (χ0n) is 12.2. The number of fused-ring (bicyclic) bond motifs is 1. The molecule has 0 radical (unpaired) electrons. The summed E-state index contributed by atoms with van der Waals surface area (Å²) < 4.78 is 0. The maximum atomic E-state index is 11.6. The lowest BCUT2D eigenvalue weighted by Gasteiger charge is -2.14. The molecule has 5 heteroatoms. The summed E-state index contributed by atoms with van der Waals surface area (Å²) in [4.78, 5) is 23.4. The van der Waals surface area contributed by atoms with Gasteiger partial charge in [0.15, 0.2) is 0 Å². The monoisotopic (exact) mass is 352 g/mol. The van der Waals surface area contributed by atoms with Gasteiger partial charge < -0.3 is 10.6 Å². The van der Waals surface area contributed by atoms with Gasteiger partial charge in [-0.25, -0.2) is 0 Å². The second kappa shape index (κ2) is 7.59. The van der Waals surface area contributed by atoms with E-state index in [1.807, 2.05) is 18.2 Å². The molecule has 0 saturated heterocycles. The van der Waals surface area contributed by atoms with Gasteiger partial charge in [0.1, 0.15) is 6.42 Å². The van der Waals surface area contributed by atoms with Gasteiger partial charge in [0, 0.05) is 4.83 Å². The molecule has 1 aromatic carbocycles. The van der Waals surface area contributed by atoms with Gasteiger partial charge in [0.2, 0.25) is 11.8 Å². The number of unbranched alkanes of at least 4 members (excludes halogenated alkanes) is 3.